The van der Waals surface area contributed by atoms with E-state index in [9.17, 15) is 9.90 Å². The van der Waals surface area contributed by atoms with E-state index in [0.717, 1.165) is 25.7 Å². The van der Waals surface area contributed by atoms with E-state index in [-0.39, 0.29) is 5.92 Å². The molecule has 1 unspecified atom stereocenters. The standard InChI is InChI=1S/C31H62O2/c1-3-5-7-9-11-13-15-17-19-21-23-25-27-29-30(31(32)33)28-26-24-22-20-18-16-14-12-10-8-6-4-2/h30H,3-29H2,1-2H3,(H,32,33). The normalized spacial score (nSPS) is 12.3. The quantitative estimate of drug-likeness (QED) is 0.116. The number of carbonyl (C=O) groups is 1. The van der Waals surface area contributed by atoms with Crippen LogP contribution >= 0.6 is 0 Å². The summed E-state index contributed by atoms with van der Waals surface area (Å²) in [4.78, 5) is 11.6. The number of carboxylic acid groups (broad SMARTS) is 1. The molecule has 1 atom stereocenters. The highest BCUT2D eigenvalue weighted by atomic mass is 16.4. The second kappa shape index (κ2) is 27.7. The fraction of sp³-hybridized carbons (Fsp3) is 0.968. The Morgan fingerprint density at radius 3 is 0.848 bits per heavy atom. The highest BCUT2D eigenvalue weighted by Gasteiger charge is 2.16. The van der Waals surface area contributed by atoms with Crippen LogP contribution in [0.5, 0.6) is 0 Å². The van der Waals surface area contributed by atoms with Crippen LogP contribution < -0.4 is 0 Å². The molecule has 0 bridgehead atoms. The van der Waals surface area contributed by atoms with E-state index < -0.39 is 5.97 Å². The predicted octanol–water partition coefficient (Wildman–Crippen LogP) is 11.3. The molecular weight excluding hydrogens is 404 g/mol. The van der Waals surface area contributed by atoms with E-state index in [1.807, 2.05) is 0 Å². The van der Waals surface area contributed by atoms with Crippen LogP contribution in [0, 0.1) is 5.92 Å². The number of aliphatic carboxylic acids is 1. The van der Waals surface area contributed by atoms with E-state index in [2.05, 4.69) is 13.8 Å². The van der Waals surface area contributed by atoms with Crippen LogP contribution in [0.15, 0.2) is 0 Å². The third-order valence-electron chi connectivity index (χ3n) is 7.41. The molecule has 0 aromatic heterocycles. The van der Waals surface area contributed by atoms with Gasteiger partial charge in [0, 0.05) is 0 Å². The van der Waals surface area contributed by atoms with Gasteiger partial charge in [-0.3, -0.25) is 4.79 Å². The average Bonchev–Trinajstić information content (AvgIpc) is 2.81. The maximum Gasteiger partial charge on any atom is 0.306 e. The van der Waals surface area contributed by atoms with E-state index in [0.29, 0.717) is 0 Å². The Morgan fingerprint density at radius 2 is 0.636 bits per heavy atom. The Kier molecular flexibility index (Phi) is 27.3. The van der Waals surface area contributed by atoms with Gasteiger partial charge in [-0.1, -0.05) is 174 Å². The molecule has 0 fully saturated rings. The van der Waals surface area contributed by atoms with Crippen LogP contribution in [-0.4, -0.2) is 11.1 Å². The maximum absolute atomic E-state index is 11.6. The number of unbranched alkanes of at least 4 members (excludes halogenated alkanes) is 23. The minimum atomic E-state index is -0.558. The summed E-state index contributed by atoms with van der Waals surface area (Å²) < 4.78 is 0. The first-order valence-electron chi connectivity index (χ1n) is 15.4. The monoisotopic (exact) mass is 466 g/mol. The summed E-state index contributed by atoms with van der Waals surface area (Å²) in [7, 11) is 0. The lowest BCUT2D eigenvalue weighted by Crippen LogP contribution is -2.13. The number of hydrogen-bond acceptors (Lipinski definition) is 1. The highest BCUT2D eigenvalue weighted by molar-refractivity contribution is 5.69. The van der Waals surface area contributed by atoms with E-state index in [1.54, 1.807) is 0 Å². The second-order valence-electron chi connectivity index (χ2n) is 10.7. The molecule has 2 heteroatoms. The van der Waals surface area contributed by atoms with Crippen molar-refractivity contribution in [3.63, 3.8) is 0 Å². The van der Waals surface area contributed by atoms with Crippen LogP contribution in [0.1, 0.15) is 187 Å². The first kappa shape index (κ1) is 32.5. The van der Waals surface area contributed by atoms with Gasteiger partial charge in [-0.2, -0.15) is 0 Å². The fourth-order valence-electron chi connectivity index (χ4n) is 5.03. The molecule has 33 heavy (non-hydrogen) atoms. The summed E-state index contributed by atoms with van der Waals surface area (Å²) >= 11 is 0. The zero-order valence-electron chi connectivity index (χ0n) is 23.0. The summed E-state index contributed by atoms with van der Waals surface area (Å²) in [5, 5.41) is 9.54. The molecule has 0 amide bonds. The van der Waals surface area contributed by atoms with Crippen molar-refractivity contribution < 1.29 is 9.90 Å². The van der Waals surface area contributed by atoms with Gasteiger partial charge in [-0.15, -0.1) is 0 Å². The van der Waals surface area contributed by atoms with Crippen molar-refractivity contribution in [1.82, 2.24) is 0 Å². The van der Waals surface area contributed by atoms with Crippen molar-refractivity contribution >= 4 is 5.97 Å². The molecule has 0 radical (unpaired) electrons. The average molecular weight is 467 g/mol. The Labute approximate surface area is 209 Å². The number of carboxylic acids is 1. The number of hydrogen-bond donors (Lipinski definition) is 1. The SMILES string of the molecule is CCCCCCCCCCCCCCCC(CCCCCCCCCCCCCC)C(=O)O. The first-order chi connectivity index (χ1) is 16.2. The molecule has 0 heterocycles. The summed E-state index contributed by atoms with van der Waals surface area (Å²) in [5.41, 5.74) is 0. The van der Waals surface area contributed by atoms with Gasteiger partial charge in [0.05, 0.1) is 5.92 Å². The van der Waals surface area contributed by atoms with Crippen LogP contribution in [0.25, 0.3) is 0 Å². The lowest BCUT2D eigenvalue weighted by molar-refractivity contribution is -0.142. The zero-order valence-corrected chi connectivity index (χ0v) is 23.0. The van der Waals surface area contributed by atoms with Gasteiger partial charge in [0.1, 0.15) is 0 Å². The summed E-state index contributed by atoms with van der Waals surface area (Å²) in [5.74, 6) is -0.655. The molecule has 1 N–H and O–H groups in total. The van der Waals surface area contributed by atoms with Gasteiger partial charge >= 0.3 is 5.97 Å². The molecule has 0 aliphatic heterocycles. The number of rotatable bonds is 28. The van der Waals surface area contributed by atoms with Crippen molar-refractivity contribution in [2.75, 3.05) is 0 Å². The van der Waals surface area contributed by atoms with Gasteiger partial charge in [-0.05, 0) is 12.8 Å². The van der Waals surface area contributed by atoms with E-state index in [4.69, 9.17) is 0 Å². The minimum absolute atomic E-state index is 0.0965. The Hall–Kier alpha value is -0.530. The van der Waals surface area contributed by atoms with Crippen molar-refractivity contribution in [1.29, 1.82) is 0 Å². The Morgan fingerprint density at radius 1 is 0.424 bits per heavy atom. The molecule has 0 saturated carbocycles. The molecule has 0 aromatic carbocycles. The first-order valence-corrected chi connectivity index (χ1v) is 15.4. The van der Waals surface area contributed by atoms with E-state index in [1.165, 1.54) is 148 Å². The fourth-order valence-corrected chi connectivity index (χ4v) is 5.03. The van der Waals surface area contributed by atoms with Crippen molar-refractivity contribution in [3.05, 3.63) is 0 Å². The molecule has 0 aromatic rings. The van der Waals surface area contributed by atoms with Crippen molar-refractivity contribution in [2.24, 2.45) is 5.92 Å². The van der Waals surface area contributed by atoms with Gasteiger partial charge in [-0.25, -0.2) is 0 Å². The van der Waals surface area contributed by atoms with Crippen molar-refractivity contribution in [3.8, 4) is 0 Å². The lowest BCUT2D eigenvalue weighted by atomic mass is 9.94. The third-order valence-corrected chi connectivity index (χ3v) is 7.41. The smallest absolute Gasteiger partial charge is 0.306 e. The second-order valence-corrected chi connectivity index (χ2v) is 10.7. The van der Waals surface area contributed by atoms with Gasteiger partial charge < -0.3 is 5.11 Å². The largest absolute Gasteiger partial charge is 0.481 e. The molecule has 0 aliphatic carbocycles. The van der Waals surface area contributed by atoms with E-state index >= 15 is 0 Å². The van der Waals surface area contributed by atoms with Crippen LogP contribution in [0.3, 0.4) is 0 Å². The zero-order chi connectivity index (χ0) is 24.2. The molecule has 2 nitrogen and oxygen atoms in total. The van der Waals surface area contributed by atoms with Crippen LogP contribution in [0.4, 0.5) is 0 Å². The molecular formula is C31H62O2. The van der Waals surface area contributed by atoms with Crippen LogP contribution in [0.2, 0.25) is 0 Å². The Bertz CT molecular complexity index is 379. The van der Waals surface area contributed by atoms with Crippen molar-refractivity contribution in [2.45, 2.75) is 187 Å². The molecule has 198 valence electrons. The minimum Gasteiger partial charge on any atom is -0.481 e. The van der Waals surface area contributed by atoms with Gasteiger partial charge in [0.25, 0.3) is 0 Å². The molecule has 0 aliphatic rings. The topological polar surface area (TPSA) is 37.3 Å². The molecule has 0 saturated heterocycles. The maximum atomic E-state index is 11.6. The molecule has 0 spiro atoms. The summed E-state index contributed by atoms with van der Waals surface area (Å²) in [6.07, 6.45) is 35.5. The molecule has 0 rings (SSSR count). The lowest BCUT2D eigenvalue weighted by Gasteiger charge is -2.12. The van der Waals surface area contributed by atoms with Crippen LogP contribution in [-0.2, 0) is 4.79 Å². The summed E-state index contributed by atoms with van der Waals surface area (Å²) in [6, 6.07) is 0. The van der Waals surface area contributed by atoms with Gasteiger partial charge in [0.2, 0.25) is 0 Å². The highest BCUT2D eigenvalue weighted by Crippen LogP contribution is 2.20. The predicted molar refractivity (Wildman–Crippen MR) is 147 cm³/mol. The third kappa shape index (κ3) is 25.9. The van der Waals surface area contributed by atoms with Gasteiger partial charge in [0.15, 0.2) is 0 Å². The summed E-state index contributed by atoms with van der Waals surface area (Å²) in [6.45, 7) is 4.56. The Balaban J connectivity index is 3.41.